The molecule has 1 unspecified atom stereocenters. The standard InChI is InChI=1S/C29H34O15/c1-12(31)40-27-25(37)23(35)20(11-39-28-26(38)24(36)22(34)19(10-30)43-28)44-29(27)41-14-7-15(32)21-16(33)9-17(42-18(21)8-14)13-5-3-2-4-6-13/h2-8,17,19-20,22-30,32,34-38H,9-11H2,1H3/t17?,19-,20-,22-,23-,24+,25+,26-,27-,28-,29-/m1/s1. The number of phenolic OH excluding ortho intramolecular Hbond substituents is 1. The molecule has 0 amide bonds. The molecule has 0 aliphatic carbocycles. The quantitative estimate of drug-likeness (QED) is 0.169. The predicted octanol–water partition coefficient (Wildman–Crippen LogP) is -1.33. The minimum Gasteiger partial charge on any atom is -0.507 e. The van der Waals surface area contributed by atoms with Crippen LogP contribution in [-0.4, -0.2) is 122 Å². The van der Waals surface area contributed by atoms with Crippen LogP contribution in [0.5, 0.6) is 17.2 Å². The average molecular weight is 623 g/mol. The summed E-state index contributed by atoms with van der Waals surface area (Å²) in [6.45, 7) is -0.196. The molecule has 7 N–H and O–H groups in total. The highest BCUT2D eigenvalue weighted by atomic mass is 16.7. The van der Waals surface area contributed by atoms with Crippen molar-refractivity contribution in [3.05, 3.63) is 53.6 Å². The minimum atomic E-state index is -1.77. The van der Waals surface area contributed by atoms with Crippen LogP contribution in [0, 0.1) is 0 Å². The van der Waals surface area contributed by atoms with Gasteiger partial charge >= 0.3 is 5.97 Å². The Balaban J connectivity index is 1.35. The monoisotopic (exact) mass is 622 g/mol. The lowest BCUT2D eigenvalue weighted by molar-refractivity contribution is -0.323. The van der Waals surface area contributed by atoms with Gasteiger partial charge in [0.05, 0.1) is 19.6 Å². The Morgan fingerprint density at radius 3 is 2.27 bits per heavy atom. The first-order valence-electron chi connectivity index (χ1n) is 13.9. The highest BCUT2D eigenvalue weighted by Crippen LogP contribution is 2.42. The van der Waals surface area contributed by atoms with Gasteiger partial charge in [-0.25, -0.2) is 0 Å². The van der Waals surface area contributed by atoms with Crippen LogP contribution in [0.3, 0.4) is 0 Å². The van der Waals surface area contributed by atoms with E-state index in [-0.39, 0.29) is 29.3 Å². The summed E-state index contributed by atoms with van der Waals surface area (Å²) < 4.78 is 33.6. The summed E-state index contributed by atoms with van der Waals surface area (Å²) in [6.07, 6.45) is -16.6. The Morgan fingerprint density at radius 1 is 0.909 bits per heavy atom. The van der Waals surface area contributed by atoms with E-state index < -0.39 is 92.4 Å². The Kier molecular flexibility index (Phi) is 9.69. The number of benzene rings is 2. The Labute approximate surface area is 250 Å². The fourth-order valence-electron chi connectivity index (χ4n) is 5.32. The molecular formula is C29H34O15. The molecule has 2 aromatic carbocycles. The lowest BCUT2D eigenvalue weighted by Gasteiger charge is -2.43. The van der Waals surface area contributed by atoms with Gasteiger partial charge in [0.2, 0.25) is 6.29 Å². The molecule has 2 saturated heterocycles. The molecular weight excluding hydrogens is 588 g/mol. The zero-order valence-corrected chi connectivity index (χ0v) is 23.4. The maximum Gasteiger partial charge on any atom is 0.303 e. The summed E-state index contributed by atoms with van der Waals surface area (Å²) in [5.41, 5.74) is 0.689. The number of ether oxygens (including phenoxy) is 6. The maximum absolute atomic E-state index is 12.9. The summed E-state index contributed by atoms with van der Waals surface area (Å²) >= 11 is 0. The smallest absolute Gasteiger partial charge is 0.303 e. The average Bonchev–Trinajstić information content (AvgIpc) is 2.99. The van der Waals surface area contributed by atoms with E-state index in [0.29, 0.717) is 0 Å². The molecule has 3 heterocycles. The number of hydrogen-bond acceptors (Lipinski definition) is 15. The van der Waals surface area contributed by atoms with E-state index in [1.54, 1.807) is 24.3 Å². The number of carbonyl (C=O) groups is 2. The van der Waals surface area contributed by atoms with Crippen LogP contribution < -0.4 is 9.47 Å². The van der Waals surface area contributed by atoms with Gasteiger partial charge in [-0.15, -0.1) is 0 Å². The van der Waals surface area contributed by atoms with Crippen molar-refractivity contribution in [1.82, 2.24) is 0 Å². The normalized spacial score (nSPS) is 35.3. The van der Waals surface area contributed by atoms with E-state index >= 15 is 0 Å². The highest BCUT2D eigenvalue weighted by Gasteiger charge is 2.50. The van der Waals surface area contributed by atoms with Gasteiger partial charge in [-0.05, 0) is 5.56 Å². The molecule has 2 aromatic rings. The first kappa shape index (κ1) is 32.0. The van der Waals surface area contributed by atoms with Crippen LogP contribution in [-0.2, 0) is 23.7 Å². The van der Waals surface area contributed by atoms with Crippen LogP contribution in [0.15, 0.2) is 42.5 Å². The van der Waals surface area contributed by atoms with Crippen LogP contribution in [0.1, 0.15) is 35.4 Å². The molecule has 0 aromatic heterocycles. The van der Waals surface area contributed by atoms with E-state index in [1.807, 2.05) is 6.07 Å². The van der Waals surface area contributed by atoms with Crippen molar-refractivity contribution in [2.75, 3.05) is 13.2 Å². The molecule has 15 nitrogen and oxygen atoms in total. The second-order valence-electron chi connectivity index (χ2n) is 10.7. The number of aliphatic hydroxyl groups excluding tert-OH is 6. The second-order valence-corrected chi connectivity index (χ2v) is 10.7. The largest absolute Gasteiger partial charge is 0.507 e. The lowest BCUT2D eigenvalue weighted by Crippen LogP contribution is -2.62. The number of rotatable bonds is 8. The summed E-state index contributed by atoms with van der Waals surface area (Å²) in [5, 5.41) is 71.9. The molecule has 0 radical (unpaired) electrons. The van der Waals surface area contributed by atoms with Crippen LogP contribution in [0.25, 0.3) is 0 Å². The predicted molar refractivity (Wildman–Crippen MR) is 143 cm³/mol. The number of phenols is 1. The molecule has 0 spiro atoms. The number of fused-ring (bicyclic) bond motifs is 1. The molecule has 11 atom stereocenters. The van der Waals surface area contributed by atoms with Gasteiger partial charge in [0.15, 0.2) is 18.2 Å². The van der Waals surface area contributed by atoms with Gasteiger partial charge in [0, 0.05) is 19.1 Å². The first-order chi connectivity index (χ1) is 21.0. The minimum absolute atomic E-state index is 0.00869. The van der Waals surface area contributed by atoms with Crippen molar-refractivity contribution in [2.45, 2.75) is 80.9 Å². The number of Topliss-reactive ketones (excluding diaryl/α,β-unsaturated/α-hetero) is 1. The van der Waals surface area contributed by atoms with E-state index in [2.05, 4.69) is 0 Å². The van der Waals surface area contributed by atoms with Crippen molar-refractivity contribution >= 4 is 11.8 Å². The van der Waals surface area contributed by atoms with Gasteiger partial charge in [-0.1, -0.05) is 30.3 Å². The number of esters is 1. The third kappa shape index (κ3) is 6.51. The van der Waals surface area contributed by atoms with Crippen molar-refractivity contribution in [3.63, 3.8) is 0 Å². The number of ketones is 1. The number of carbonyl (C=O) groups excluding carboxylic acids is 2. The topological polar surface area (TPSA) is 231 Å². The molecule has 3 aliphatic heterocycles. The van der Waals surface area contributed by atoms with Gasteiger partial charge in [-0.3, -0.25) is 9.59 Å². The molecule has 3 aliphatic rings. The molecule has 5 rings (SSSR count). The third-order valence-corrected chi connectivity index (χ3v) is 7.62. The molecule has 44 heavy (non-hydrogen) atoms. The Bertz CT molecular complexity index is 1320. The summed E-state index contributed by atoms with van der Waals surface area (Å²) in [5.74, 6) is -1.71. The van der Waals surface area contributed by atoms with E-state index in [0.717, 1.165) is 18.6 Å². The van der Waals surface area contributed by atoms with Gasteiger partial charge in [0.25, 0.3) is 0 Å². The Morgan fingerprint density at radius 2 is 1.59 bits per heavy atom. The van der Waals surface area contributed by atoms with Crippen LogP contribution >= 0.6 is 0 Å². The highest BCUT2D eigenvalue weighted by molar-refractivity contribution is 6.02. The number of aliphatic hydroxyl groups is 6. The van der Waals surface area contributed by atoms with Crippen molar-refractivity contribution < 1.29 is 73.8 Å². The molecule has 0 bridgehead atoms. The van der Waals surface area contributed by atoms with Crippen LogP contribution in [0.2, 0.25) is 0 Å². The SMILES string of the molecule is CC(=O)O[C@H]1[C@H](Oc2cc(O)c3c(c2)OC(c2ccccc2)CC3=O)O[C@H](CO[C@@H]2O[C@H](CO)[C@@H](O)[C@H](O)[C@H]2O)[C@@H](O)[C@@H]1O. The molecule has 15 heteroatoms. The fourth-order valence-corrected chi connectivity index (χ4v) is 5.32. The number of hydrogen-bond donors (Lipinski definition) is 7. The second kappa shape index (κ2) is 13.3. The van der Waals surface area contributed by atoms with Gasteiger partial charge in [0.1, 0.15) is 71.6 Å². The van der Waals surface area contributed by atoms with E-state index in [9.17, 15) is 45.3 Å². The van der Waals surface area contributed by atoms with Crippen LogP contribution in [0.4, 0.5) is 0 Å². The third-order valence-electron chi connectivity index (χ3n) is 7.62. The Hall–Kier alpha value is -3.38. The van der Waals surface area contributed by atoms with E-state index in [4.69, 9.17) is 28.4 Å². The van der Waals surface area contributed by atoms with E-state index in [1.165, 1.54) is 6.07 Å². The zero-order chi connectivity index (χ0) is 31.7. The number of aromatic hydroxyl groups is 1. The summed E-state index contributed by atoms with van der Waals surface area (Å²) in [4.78, 5) is 24.7. The maximum atomic E-state index is 12.9. The molecule has 0 saturated carbocycles. The summed E-state index contributed by atoms with van der Waals surface area (Å²) in [6, 6.07) is 11.4. The van der Waals surface area contributed by atoms with Crippen molar-refractivity contribution in [1.29, 1.82) is 0 Å². The summed E-state index contributed by atoms with van der Waals surface area (Å²) in [7, 11) is 0. The lowest BCUT2D eigenvalue weighted by atomic mass is 9.95. The first-order valence-corrected chi connectivity index (χ1v) is 13.9. The fraction of sp³-hybridized carbons (Fsp3) is 0.517. The van der Waals surface area contributed by atoms with Gasteiger partial charge < -0.3 is 64.2 Å². The molecule has 2 fully saturated rings. The van der Waals surface area contributed by atoms with Crippen molar-refractivity contribution in [2.24, 2.45) is 0 Å². The van der Waals surface area contributed by atoms with Crippen molar-refractivity contribution in [3.8, 4) is 17.2 Å². The zero-order valence-electron chi connectivity index (χ0n) is 23.4. The van der Waals surface area contributed by atoms with Gasteiger partial charge in [-0.2, -0.15) is 0 Å². The molecule has 240 valence electrons.